The maximum absolute atomic E-state index is 13.6. The van der Waals surface area contributed by atoms with Crippen molar-refractivity contribution in [1.29, 1.82) is 0 Å². The minimum atomic E-state index is -4.78. The normalized spacial score (nSPS) is 29.4. The molecule has 1 saturated carbocycles. The van der Waals surface area contributed by atoms with Crippen LogP contribution in [-0.4, -0.2) is 33.4 Å². The largest absolute Gasteiger partial charge is 0.509 e. The van der Waals surface area contributed by atoms with Crippen LogP contribution in [0.4, 0.5) is 17.6 Å². The number of aryl methyl sites for hydroxylation is 1. The smallest absolute Gasteiger partial charge is 0.417 e. The summed E-state index contributed by atoms with van der Waals surface area (Å²) < 4.78 is 52.7. The third-order valence-corrected chi connectivity index (χ3v) is 5.87. The van der Waals surface area contributed by atoms with Gasteiger partial charge in [0.2, 0.25) is 0 Å². The van der Waals surface area contributed by atoms with E-state index in [1.807, 2.05) is 0 Å². The average molecular weight is 438 g/mol. The van der Waals surface area contributed by atoms with Gasteiger partial charge < -0.3 is 15.5 Å². The second-order valence-electron chi connectivity index (χ2n) is 6.87. The molecular weight excluding hydrogens is 422 g/mol. The molecule has 0 bridgehead atoms. The molecule has 142 valence electrons. The van der Waals surface area contributed by atoms with Crippen LogP contribution in [0.1, 0.15) is 36.8 Å². The van der Waals surface area contributed by atoms with Crippen molar-refractivity contribution in [1.82, 2.24) is 5.32 Å². The molecule has 1 heterocycles. The molecule has 0 unspecified atom stereocenters. The molecule has 1 amide bonds. The van der Waals surface area contributed by atoms with Gasteiger partial charge in [0.15, 0.2) is 5.60 Å². The highest BCUT2D eigenvalue weighted by atomic mass is 79.9. The Bertz CT molecular complexity index is 811. The molecule has 1 aliphatic heterocycles. The van der Waals surface area contributed by atoms with E-state index in [-0.39, 0.29) is 28.6 Å². The summed E-state index contributed by atoms with van der Waals surface area (Å²) in [6.45, 7) is 1.56. The van der Waals surface area contributed by atoms with Gasteiger partial charge in [-0.2, -0.15) is 13.2 Å². The molecule has 0 saturated heterocycles. The third-order valence-electron chi connectivity index (χ3n) is 5.26. The first-order valence-electron chi connectivity index (χ1n) is 7.92. The Morgan fingerprint density at radius 3 is 2.31 bits per heavy atom. The van der Waals surface area contributed by atoms with E-state index in [0.717, 1.165) is 0 Å². The number of hydrogen-bond acceptors (Lipinski definition) is 3. The van der Waals surface area contributed by atoms with E-state index in [1.54, 1.807) is 6.92 Å². The van der Waals surface area contributed by atoms with Crippen molar-refractivity contribution in [2.24, 2.45) is 0 Å². The molecule has 3 rings (SSSR count). The summed E-state index contributed by atoms with van der Waals surface area (Å²) >= 11 is 3.02. The standard InChI is InChI=1S/C17H16BrF4NO3/c1-8-6-11(19)10(18)7-9(8)12-13(24)15(23-14(12)25)2-4-16(26,5-3-15)17(20,21)22/h6-7,24,26H,2-5H2,1H3,(H,23,25)/t15-,16+. The van der Waals surface area contributed by atoms with E-state index in [0.29, 0.717) is 11.1 Å². The molecule has 1 spiro atoms. The van der Waals surface area contributed by atoms with Crippen molar-refractivity contribution < 1.29 is 32.6 Å². The number of halogens is 5. The zero-order valence-electron chi connectivity index (χ0n) is 13.7. The van der Waals surface area contributed by atoms with Gasteiger partial charge in [0, 0.05) is 0 Å². The SMILES string of the molecule is Cc1cc(F)c(Br)cc1C1=C(O)[C@]2(CC[C@@](O)(C(F)(F)F)CC2)NC1=O. The maximum atomic E-state index is 13.6. The predicted octanol–water partition coefficient (Wildman–Crippen LogP) is 3.90. The van der Waals surface area contributed by atoms with Gasteiger partial charge in [0.1, 0.15) is 11.6 Å². The van der Waals surface area contributed by atoms with E-state index < -0.39 is 41.9 Å². The van der Waals surface area contributed by atoms with Crippen LogP contribution in [0.2, 0.25) is 0 Å². The first kappa shape index (κ1) is 19.2. The summed E-state index contributed by atoms with van der Waals surface area (Å²) in [6.07, 6.45) is -6.57. The Balaban J connectivity index is 1.99. The van der Waals surface area contributed by atoms with E-state index in [4.69, 9.17) is 0 Å². The van der Waals surface area contributed by atoms with Crippen LogP contribution >= 0.6 is 15.9 Å². The number of aliphatic hydroxyl groups is 2. The summed E-state index contributed by atoms with van der Waals surface area (Å²) in [4.78, 5) is 12.4. The fourth-order valence-electron chi connectivity index (χ4n) is 3.59. The molecule has 4 nitrogen and oxygen atoms in total. The fraction of sp³-hybridized carbons (Fsp3) is 0.471. The molecule has 1 aromatic rings. The zero-order valence-corrected chi connectivity index (χ0v) is 15.3. The van der Waals surface area contributed by atoms with Gasteiger partial charge in [-0.25, -0.2) is 4.39 Å². The molecule has 3 N–H and O–H groups in total. The zero-order chi connectivity index (χ0) is 19.5. The summed E-state index contributed by atoms with van der Waals surface area (Å²) in [6, 6.07) is 2.55. The number of amides is 1. The first-order chi connectivity index (χ1) is 11.9. The highest BCUT2D eigenvalue weighted by Crippen LogP contribution is 2.49. The number of nitrogens with one attached hydrogen (secondary N) is 1. The molecule has 9 heteroatoms. The van der Waals surface area contributed by atoms with Gasteiger partial charge in [0.05, 0.1) is 15.6 Å². The molecule has 1 aromatic carbocycles. The second-order valence-corrected chi connectivity index (χ2v) is 7.72. The summed E-state index contributed by atoms with van der Waals surface area (Å²) in [5.74, 6) is -1.54. The van der Waals surface area contributed by atoms with Crippen LogP contribution < -0.4 is 5.32 Å². The lowest BCUT2D eigenvalue weighted by Crippen LogP contribution is -2.56. The van der Waals surface area contributed by atoms with Crippen molar-refractivity contribution in [2.45, 2.75) is 49.9 Å². The molecule has 26 heavy (non-hydrogen) atoms. The Labute approximate surface area is 155 Å². The monoisotopic (exact) mass is 437 g/mol. The lowest BCUT2D eigenvalue weighted by atomic mass is 9.73. The lowest BCUT2D eigenvalue weighted by molar-refractivity contribution is -0.272. The number of carbonyl (C=O) groups is 1. The van der Waals surface area contributed by atoms with Crippen molar-refractivity contribution in [2.75, 3.05) is 0 Å². The molecular formula is C17H16BrF4NO3. The quantitative estimate of drug-likeness (QED) is 0.583. The second kappa shape index (κ2) is 5.95. The summed E-state index contributed by atoms with van der Waals surface area (Å²) in [5, 5.41) is 23.1. The van der Waals surface area contributed by atoms with E-state index in [2.05, 4.69) is 21.2 Å². The van der Waals surface area contributed by atoms with Crippen molar-refractivity contribution >= 4 is 27.4 Å². The number of alkyl halides is 3. The van der Waals surface area contributed by atoms with Crippen LogP contribution in [0.5, 0.6) is 0 Å². The van der Waals surface area contributed by atoms with Crippen LogP contribution in [0, 0.1) is 12.7 Å². The van der Waals surface area contributed by atoms with Crippen LogP contribution in [0.3, 0.4) is 0 Å². The van der Waals surface area contributed by atoms with Crippen molar-refractivity contribution in [3.63, 3.8) is 0 Å². The molecule has 0 atom stereocenters. The van der Waals surface area contributed by atoms with E-state index >= 15 is 0 Å². The Morgan fingerprint density at radius 1 is 1.19 bits per heavy atom. The Morgan fingerprint density at radius 2 is 1.77 bits per heavy atom. The molecule has 1 fully saturated rings. The molecule has 1 aliphatic carbocycles. The highest BCUT2D eigenvalue weighted by molar-refractivity contribution is 9.10. The van der Waals surface area contributed by atoms with Gasteiger partial charge in [0.25, 0.3) is 5.91 Å². The van der Waals surface area contributed by atoms with Crippen LogP contribution in [0.25, 0.3) is 5.57 Å². The average Bonchev–Trinajstić information content (AvgIpc) is 2.76. The van der Waals surface area contributed by atoms with Crippen LogP contribution in [-0.2, 0) is 4.79 Å². The topological polar surface area (TPSA) is 69.6 Å². The van der Waals surface area contributed by atoms with E-state index in [1.165, 1.54) is 12.1 Å². The summed E-state index contributed by atoms with van der Waals surface area (Å²) in [7, 11) is 0. The van der Waals surface area contributed by atoms with Gasteiger partial charge in [-0.05, 0) is 71.8 Å². The molecule has 0 radical (unpaired) electrons. The van der Waals surface area contributed by atoms with Gasteiger partial charge in [-0.1, -0.05) is 0 Å². The minimum absolute atomic E-state index is 0.0827. The van der Waals surface area contributed by atoms with Gasteiger partial charge in [-0.15, -0.1) is 0 Å². The number of hydrogen-bond donors (Lipinski definition) is 3. The Hall–Kier alpha value is -1.61. The lowest BCUT2D eigenvalue weighted by Gasteiger charge is -2.42. The van der Waals surface area contributed by atoms with Crippen LogP contribution in [0.15, 0.2) is 22.4 Å². The van der Waals surface area contributed by atoms with Gasteiger partial charge >= 0.3 is 6.18 Å². The predicted molar refractivity (Wildman–Crippen MR) is 88.7 cm³/mol. The third kappa shape index (κ3) is 2.81. The highest BCUT2D eigenvalue weighted by Gasteiger charge is 2.59. The molecule has 2 aliphatic rings. The maximum Gasteiger partial charge on any atom is 0.417 e. The fourth-order valence-corrected chi connectivity index (χ4v) is 3.93. The first-order valence-corrected chi connectivity index (χ1v) is 8.71. The van der Waals surface area contributed by atoms with Crippen molar-refractivity contribution in [3.05, 3.63) is 39.3 Å². The number of benzene rings is 1. The Kier molecular flexibility index (Phi) is 4.39. The number of rotatable bonds is 1. The minimum Gasteiger partial charge on any atom is -0.509 e. The summed E-state index contributed by atoms with van der Waals surface area (Å²) in [5.41, 5.74) is -3.57. The van der Waals surface area contributed by atoms with Crippen molar-refractivity contribution in [3.8, 4) is 0 Å². The number of aliphatic hydroxyl groups excluding tert-OH is 1. The van der Waals surface area contributed by atoms with Gasteiger partial charge in [-0.3, -0.25) is 4.79 Å². The molecule has 0 aromatic heterocycles. The van der Waals surface area contributed by atoms with E-state index in [9.17, 15) is 32.6 Å². The number of carbonyl (C=O) groups excluding carboxylic acids is 1.